The number of benzene rings is 1. The lowest BCUT2D eigenvalue weighted by atomic mass is 10.1. The highest BCUT2D eigenvalue weighted by atomic mass is 19.3. The molecule has 1 rings (SSSR count). The smallest absolute Gasteiger partial charge is 0.263 e. The first-order valence-electron chi connectivity index (χ1n) is 5.21. The summed E-state index contributed by atoms with van der Waals surface area (Å²) in [6.45, 7) is 0.572. The normalized spacial score (nSPS) is 11.7. The van der Waals surface area contributed by atoms with Crippen LogP contribution in [0, 0.1) is 11.3 Å². The molecule has 0 heterocycles. The predicted molar refractivity (Wildman–Crippen MR) is 61.8 cm³/mol. The van der Waals surface area contributed by atoms with Gasteiger partial charge in [0.2, 0.25) is 0 Å². The van der Waals surface area contributed by atoms with Crippen LogP contribution in [0.15, 0.2) is 29.4 Å². The summed E-state index contributed by atoms with van der Waals surface area (Å²) in [6.07, 6.45) is -2.52. The molecule has 0 aromatic heterocycles. The number of nitriles is 1. The Labute approximate surface area is 103 Å². The molecule has 0 saturated carbocycles. The molecule has 1 aromatic rings. The van der Waals surface area contributed by atoms with Crippen molar-refractivity contribution in [2.45, 2.75) is 12.5 Å². The van der Waals surface area contributed by atoms with Gasteiger partial charge in [0.05, 0.1) is 6.07 Å². The number of hydrogen-bond acceptors (Lipinski definition) is 3. The van der Waals surface area contributed by atoms with Crippen LogP contribution in [0.2, 0.25) is 0 Å². The molecule has 0 saturated heterocycles. The minimum atomic E-state index is -2.52. The molecule has 0 aliphatic carbocycles. The van der Waals surface area contributed by atoms with E-state index in [1.165, 1.54) is 24.3 Å². The van der Waals surface area contributed by atoms with Gasteiger partial charge in [-0.1, -0.05) is 29.4 Å². The first-order chi connectivity index (χ1) is 8.69. The summed E-state index contributed by atoms with van der Waals surface area (Å²) in [5, 5.41) is 15.1. The molecule has 1 N–H and O–H groups in total. The number of alkyl halides is 2. The Kier molecular flexibility index (Phi) is 5.58. The second kappa shape index (κ2) is 7.22. The zero-order valence-electron chi connectivity index (χ0n) is 9.42. The molecule has 94 valence electrons. The molecule has 0 aliphatic heterocycles. The molecule has 0 bridgehead atoms. The first kappa shape index (κ1) is 13.9. The van der Waals surface area contributed by atoms with Crippen LogP contribution in [-0.4, -0.2) is 13.1 Å². The van der Waals surface area contributed by atoms with E-state index in [0.717, 1.165) is 0 Å². The molecule has 1 aromatic carbocycles. The van der Waals surface area contributed by atoms with Crippen LogP contribution in [0.5, 0.6) is 0 Å². The Morgan fingerprint density at radius 3 is 2.44 bits per heavy atom. The van der Waals surface area contributed by atoms with Crippen LogP contribution in [0.1, 0.15) is 23.6 Å². The zero-order chi connectivity index (χ0) is 13.4. The Bertz CT molecular complexity index is 459. The minimum Gasteiger partial charge on any atom is -0.298 e. The summed E-state index contributed by atoms with van der Waals surface area (Å²) in [6, 6.07) is 6.95. The Morgan fingerprint density at radius 2 is 1.94 bits per heavy atom. The fourth-order valence-electron chi connectivity index (χ4n) is 1.38. The van der Waals surface area contributed by atoms with Gasteiger partial charge in [0.1, 0.15) is 6.04 Å². The summed E-state index contributed by atoms with van der Waals surface area (Å²) in [5.41, 5.74) is 8.60. The van der Waals surface area contributed by atoms with Crippen molar-refractivity contribution in [1.82, 2.24) is 5.32 Å². The highest BCUT2D eigenvalue weighted by molar-refractivity contribution is 5.28. The lowest BCUT2D eigenvalue weighted by Gasteiger charge is -2.11. The summed E-state index contributed by atoms with van der Waals surface area (Å²) >= 11 is 0. The van der Waals surface area contributed by atoms with Gasteiger partial charge in [-0.2, -0.15) is 5.26 Å². The summed E-state index contributed by atoms with van der Waals surface area (Å²) in [7, 11) is 0. The van der Waals surface area contributed by atoms with Crippen LogP contribution in [0.25, 0.3) is 10.4 Å². The lowest BCUT2D eigenvalue weighted by Crippen LogP contribution is -2.22. The van der Waals surface area contributed by atoms with E-state index in [4.69, 9.17) is 10.8 Å². The molecule has 0 aliphatic rings. The molecular formula is C11H11F2N5. The van der Waals surface area contributed by atoms with Crippen molar-refractivity contribution in [3.05, 3.63) is 45.8 Å². The largest absolute Gasteiger partial charge is 0.298 e. The van der Waals surface area contributed by atoms with Crippen molar-refractivity contribution in [2.24, 2.45) is 5.11 Å². The van der Waals surface area contributed by atoms with Crippen molar-refractivity contribution in [2.75, 3.05) is 13.1 Å². The molecule has 0 fully saturated rings. The number of azide groups is 1. The minimum absolute atomic E-state index is 0.0791. The van der Waals surface area contributed by atoms with Crippen molar-refractivity contribution < 1.29 is 8.78 Å². The van der Waals surface area contributed by atoms with Gasteiger partial charge in [-0.05, 0) is 11.1 Å². The Balaban J connectivity index is 2.65. The van der Waals surface area contributed by atoms with Crippen molar-refractivity contribution in [3.63, 3.8) is 0 Å². The predicted octanol–water partition coefficient (Wildman–Crippen LogP) is 3.09. The topological polar surface area (TPSA) is 84.6 Å². The molecule has 0 amide bonds. The highest BCUT2D eigenvalue weighted by Crippen LogP contribution is 2.21. The van der Waals surface area contributed by atoms with E-state index in [0.29, 0.717) is 12.1 Å². The molecule has 0 spiro atoms. The number of nitrogens with one attached hydrogen (secondary N) is 1. The van der Waals surface area contributed by atoms with Gasteiger partial charge in [0.15, 0.2) is 0 Å². The van der Waals surface area contributed by atoms with E-state index in [2.05, 4.69) is 15.3 Å². The maximum atomic E-state index is 12.3. The molecule has 1 atom stereocenters. The summed E-state index contributed by atoms with van der Waals surface area (Å²) < 4.78 is 24.7. The van der Waals surface area contributed by atoms with E-state index in [-0.39, 0.29) is 12.1 Å². The SMILES string of the molecule is N#CC(NCCN=[N+]=[N-])c1ccc(C(F)F)cc1. The quantitative estimate of drug-likeness (QED) is 0.364. The molecule has 7 heteroatoms. The fourth-order valence-corrected chi connectivity index (χ4v) is 1.38. The van der Waals surface area contributed by atoms with Crippen LogP contribution < -0.4 is 5.32 Å². The molecular weight excluding hydrogens is 240 g/mol. The van der Waals surface area contributed by atoms with Crippen LogP contribution in [0.4, 0.5) is 8.78 Å². The van der Waals surface area contributed by atoms with Gasteiger partial charge in [-0.15, -0.1) is 0 Å². The van der Waals surface area contributed by atoms with Crippen molar-refractivity contribution in [1.29, 1.82) is 5.26 Å². The van der Waals surface area contributed by atoms with Crippen LogP contribution in [0.3, 0.4) is 0 Å². The van der Waals surface area contributed by atoms with E-state index in [9.17, 15) is 8.78 Å². The highest BCUT2D eigenvalue weighted by Gasteiger charge is 2.11. The van der Waals surface area contributed by atoms with Gasteiger partial charge >= 0.3 is 0 Å². The molecule has 1 unspecified atom stereocenters. The van der Waals surface area contributed by atoms with E-state index < -0.39 is 12.5 Å². The van der Waals surface area contributed by atoms with Crippen molar-refractivity contribution >= 4 is 0 Å². The molecule has 18 heavy (non-hydrogen) atoms. The van der Waals surface area contributed by atoms with Gasteiger partial charge in [-0.25, -0.2) is 8.78 Å². The maximum absolute atomic E-state index is 12.3. The number of hydrogen-bond donors (Lipinski definition) is 1. The standard InChI is InChI=1S/C11H11F2N5/c12-11(13)9-3-1-8(2-4-9)10(7-14)16-5-6-17-18-15/h1-4,10-11,16H,5-6H2. The fraction of sp³-hybridized carbons (Fsp3) is 0.364. The maximum Gasteiger partial charge on any atom is 0.263 e. The Morgan fingerprint density at radius 1 is 1.33 bits per heavy atom. The number of rotatable bonds is 6. The zero-order valence-corrected chi connectivity index (χ0v) is 9.42. The number of nitrogens with zero attached hydrogens (tertiary/aromatic N) is 4. The van der Waals surface area contributed by atoms with E-state index in [1.54, 1.807) is 0 Å². The second-order valence-electron chi connectivity index (χ2n) is 3.44. The summed E-state index contributed by atoms with van der Waals surface area (Å²) in [4.78, 5) is 2.58. The monoisotopic (exact) mass is 251 g/mol. The lowest BCUT2D eigenvalue weighted by molar-refractivity contribution is 0.151. The van der Waals surface area contributed by atoms with Gasteiger partial charge in [0.25, 0.3) is 6.43 Å². The van der Waals surface area contributed by atoms with E-state index in [1.807, 2.05) is 6.07 Å². The molecule has 0 radical (unpaired) electrons. The Hall–Kier alpha value is -2.16. The van der Waals surface area contributed by atoms with Gasteiger partial charge in [0, 0.05) is 23.6 Å². The number of halogens is 2. The first-order valence-corrected chi connectivity index (χ1v) is 5.21. The van der Waals surface area contributed by atoms with Gasteiger partial charge < -0.3 is 0 Å². The van der Waals surface area contributed by atoms with E-state index >= 15 is 0 Å². The third kappa shape index (κ3) is 4.01. The third-order valence-electron chi connectivity index (χ3n) is 2.27. The van der Waals surface area contributed by atoms with Crippen LogP contribution in [-0.2, 0) is 0 Å². The van der Waals surface area contributed by atoms with Gasteiger partial charge in [-0.3, -0.25) is 5.32 Å². The van der Waals surface area contributed by atoms with Crippen molar-refractivity contribution in [3.8, 4) is 6.07 Å². The third-order valence-corrected chi connectivity index (χ3v) is 2.27. The summed E-state index contributed by atoms with van der Waals surface area (Å²) in [5.74, 6) is 0. The average Bonchev–Trinajstić information content (AvgIpc) is 2.39. The second-order valence-corrected chi connectivity index (χ2v) is 3.44. The van der Waals surface area contributed by atoms with Crippen LogP contribution >= 0.6 is 0 Å². The average molecular weight is 251 g/mol. The molecule has 5 nitrogen and oxygen atoms in total.